The van der Waals surface area contributed by atoms with Crippen molar-refractivity contribution in [2.45, 2.75) is 30.8 Å². The van der Waals surface area contributed by atoms with Gasteiger partial charge in [-0.05, 0) is 60.9 Å². The molecule has 0 N–H and O–H groups in total. The first-order valence-electron chi connectivity index (χ1n) is 11.9. The third kappa shape index (κ3) is 6.02. The highest BCUT2D eigenvalue weighted by atomic mass is 35.5. The third-order valence-corrected chi connectivity index (χ3v) is 8.35. The number of allylic oxidation sites excluding steroid dienone is 1. The monoisotopic (exact) mass is 577 g/mol. The Morgan fingerprint density at radius 2 is 1.90 bits per heavy atom. The second-order valence-electron chi connectivity index (χ2n) is 8.84. The molecule has 0 fully saturated rings. The Hall–Kier alpha value is -3.63. The van der Waals surface area contributed by atoms with Gasteiger partial charge in [0.2, 0.25) is 0 Å². The number of esters is 1. The van der Waals surface area contributed by atoms with Crippen molar-refractivity contribution >= 4 is 44.9 Å². The Kier molecular flexibility index (Phi) is 8.46. The molecule has 0 saturated carbocycles. The van der Waals surface area contributed by atoms with Gasteiger partial charge >= 0.3 is 5.97 Å². The van der Waals surface area contributed by atoms with Crippen LogP contribution < -0.4 is 13.8 Å². The maximum absolute atomic E-state index is 14.5. The molecule has 0 saturated heterocycles. The van der Waals surface area contributed by atoms with E-state index in [1.54, 1.807) is 37.3 Å². The highest BCUT2D eigenvalue weighted by Crippen LogP contribution is 2.40. The van der Waals surface area contributed by atoms with Gasteiger partial charge in [-0.1, -0.05) is 29.8 Å². The SMILES string of the molecule is COC(=O)CCC1CN(S(=O)(=O)c2ccc(F)c(OC)c2)c2cc(C=C(C)c3c(F)cccc3Cl)ccc2O1. The number of anilines is 1. The fourth-order valence-corrected chi connectivity index (χ4v) is 6.13. The van der Waals surface area contributed by atoms with Gasteiger partial charge in [0.15, 0.2) is 11.6 Å². The first-order chi connectivity index (χ1) is 18.5. The van der Waals surface area contributed by atoms with Gasteiger partial charge in [0.1, 0.15) is 17.7 Å². The number of carbonyl (C=O) groups is 1. The second-order valence-corrected chi connectivity index (χ2v) is 11.1. The van der Waals surface area contributed by atoms with Crippen LogP contribution in [0.5, 0.6) is 11.5 Å². The van der Waals surface area contributed by atoms with Gasteiger partial charge in [-0.2, -0.15) is 0 Å². The van der Waals surface area contributed by atoms with Crippen molar-refractivity contribution in [1.29, 1.82) is 0 Å². The van der Waals surface area contributed by atoms with E-state index < -0.39 is 33.7 Å². The summed E-state index contributed by atoms with van der Waals surface area (Å²) in [6, 6.07) is 12.6. The Balaban J connectivity index is 1.78. The number of sulfonamides is 1. The van der Waals surface area contributed by atoms with E-state index in [1.165, 1.54) is 26.4 Å². The molecule has 4 rings (SSSR count). The molecule has 3 aromatic carbocycles. The predicted molar refractivity (Wildman–Crippen MR) is 145 cm³/mol. The minimum atomic E-state index is -4.22. The summed E-state index contributed by atoms with van der Waals surface area (Å²) < 4.78 is 73.0. The molecule has 0 radical (unpaired) electrons. The zero-order valence-corrected chi connectivity index (χ0v) is 23.0. The molecular weight excluding hydrogens is 552 g/mol. The lowest BCUT2D eigenvalue weighted by Gasteiger charge is -2.35. The molecule has 1 aliphatic heterocycles. The molecule has 1 unspecified atom stereocenters. The topological polar surface area (TPSA) is 82.1 Å². The van der Waals surface area contributed by atoms with Crippen molar-refractivity contribution in [2.24, 2.45) is 0 Å². The molecule has 0 aliphatic carbocycles. The first-order valence-corrected chi connectivity index (χ1v) is 13.7. The lowest BCUT2D eigenvalue weighted by Crippen LogP contribution is -2.43. The van der Waals surface area contributed by atoms with Crippen LogP contribution in [-0.2, 0) is 19.6 Å². The fraction of sp³-hybridized carbons (Fsp3) is 0.250. The minimum absolute atomic E-state index is 0.0260. The Morgan fingerprint density at radius 3 is 2.59 bits per heavy atom. The van der Waals surface area contributed by atoms with E-state index in [0.29, 0.717) is 11.1 Å². The van der Waals surface area contributed by atoms with Crippen LogP contribution in [0, 0.1) is 11.6 Å². The average molecular weight is 578 g/mol. The quantitative estimate of drug-likeness (QED) is 0.238. The molecule has 3 aromatic rings. The zero-order valence-electron chi connectivity index (χ0n) is 21.4. The van der Waals surface area contributed by atoms with Crippen molar-refractivity contribution in [3.8, 4) is 11.5 Å². The minimum Gasteiger partial charge on any atom is -0.494 e. The molecule has 1 heterocycles. The summed E-state index contributed by atoms with van der Waals surface area (Å²) >= 11 is 6.21. The molecule has 0 amide bonds. The second kappa shape index (κ2) is 11.6. The molecule has 0 aromatic heterocycles. The molecule has 39 heavy (non-hydrogen) atoms. The van der Waals surface area contributed by atoms with Gasteiger partial charge in [-0.15, -0.1) is 0 Å². The molecule has 0 spiro atoms. The van der Waals surface area contributed by atoms with Gasteiger partial charge in [0.05, 0.1) is 36.4 Å². The van der Waals surface area contributed by atoms with E-state index in [0.717, 1.165) is 22.5 Å². The van der Waals surface area contributed by atoms with Gasteiger partial charge in [0, 0.05) is 18.1 Å². The lowest BCUT2D eigenvalue weighted by atomic mass is 10.0. The maximum atomic E-state index is 14.5. The van der Waals surface area contributed by atoms with Crippen molar-refractivity contribution in [3.63, 3.8) is 0 Å². The van der Waals surface area contributed by atoms with Crippen LogP contribution in [0.3, 0.4) is 0 Å². The number of ether oxygens (including phenoxy) is 3. The van der Waals surface area contributed by atoms with E-state index in [9.17, 15) is 22.0 Å². The average Bonchev–Trinajstić information content (AvgIpc) is 2.91. The van der Waals surface area contributed by atoms with Crippen LogP contribution in [0.4, 0.5) is 14.5 Å². The van der Waals surface area contributed by atoms with Gasteiger partial charge in [-0.25, -0.2) is 17.2 Å². The number of hydrogen-bond acceptors (Lipinski definition) is 6. The molecular formula is C28H26ClF2NO6S. The van der Waals surface area contributed by atoms with Crippen LogP contribution in [-0.4, -0.2) is 41.3 Å². The number of nitrogens with zero attached hydrogens (tertiary/aromatic N) is 1. The van der Waals surface area contributed by atoms with Crippen LogP contribution >= 0.6 is 11.6 Å². The van der Waals surface area contributed by atoms with Crippen LogP contribution in [0.15, 0.2) is 59.5 Å². The number of rotatable bonds is 8. The summed E-state index contributed by atoms with van der Waals surface area (Å²) in [5.41, 5.74) is 1.56. The normalized spacial score (nSPS) is 15.4. The van der Waals surface area contributed by atoms with Gasteiger partial charge in [0.25, 0.3) is 10.0 Å². The number of hydrogen-bond donors (Lipinski definition) is 0. The standard InChI is InChI=1S/C28H26ClF2NO6S/c1-17(28-21(29)5-4-6-23(28)31)13-18-7-11-25-24(14-18)32(16-19(38-25)8-12-27(33)37-3)39(34,35)20-9-10-22(30)26(15-20)36-2/h4-7,9-11,13-15,19H,8,12,16H2,1-3H3. The number of methoxy groups -OCH3 is 2. The summed E-state index contributed by atoms with van der Waals surface area (Å²) in [4.78, 5) is 11.5. The zero-order chi connectivity index (χ0) is 28.3. The molecule has 11 heteroatoms. The summed E-state index contributed by atoms with van der Waals surface area (Å²) in [7, 11) is -1.72. The van der Waals surface area contributed by atoms with Gasteiger partial charge in [-0.3, -0.25) is 9.10 Å². The van der Waals surface area contributed by atoms with Crippen molar-refractivity contribution in [2.75, 3.05) is 25.1 Å². The number of halogens is 3. The predicted octanol–water partition coefficient (Wildman–Crippen LogP) is 6.10. The molecule has 1 aliphatic rings. The highest BCUT2D eigenvalue weighted by molar-refractivity contribution is 7.92. The molecule has 1 atom stereocenters. The van der Waals surface area contributed by atoms with E-state index in [2.05, 4.69) is 0 Å². The first kappa shape index (κ1) is 28.4. The van der Waals surface area contributed by atoms with Crippen molar-refractivity contribution < 1.29 is 36.2 Å². The van der Waals surface area contributed by atoms with E-state index >= 15 is 0 Å². The Labute approximate surface area is 230 Å². The molecule has 206 valence electrons. The van der Waals surface area contributed by atoms with E-state index in [-0.39, 0.29) is 52.1 Å². The maximum Gasteiger partial charge on any atom is 0.305 e. The van der Waals surface area contributed by atoms with Crippen molar-refractivity contribution in [1.82, 2.24) is 0 Å². The number of carbonyl (C=O) groups excluding carboxylic acids is 1. The van der Waals surface area contributed by atoms with Crippen LogP contribution in [0.1, 0.15) is 30.9 Å². The Morgan fingerprint density at radius 1 is 1.13 bits per heavy atom. The highest BCUT2D eigenvalue weighted by Gasteiger charge is 2.35. The summed E-state index contributed by atoms with van der Waals surface area (Å²) in [6.07, 6.45) is 1.25. The van der Waals surface area contributed by atoms with Crippen LogP contribution in [0.25, 0.3) is 11.6 Å². The number of benzene rings is 3. The summed E-state index contributed by atoms with van der Waals surface area (Å²) in [5, 5.41) is 0.243. The third-order valence-electron chi connectivity index (χ3n) is 6.26. The summed E-state index contributed by atoms with van der Waals surface area (Å²) in [5.74, 6) is -1.59. The summed E-state index contributed by atoms with van der Waals surface area (Å²) in [6.45, 7) is 1.58. The lowest BCUT2D eigenvalue weighted by molar-refractivity contribution is -0.141. The molecule has 7 nitrogen and oxygen atoms in total. The van der Waals surface area contributed by atoms with Crippen molar-refractivity contribution in [3.05, 3.63) is 82.4 Å². The largest absolute Gasteiger partial charge is 0.494 e. The van der Waals surface area contributed by atoms with Crippen LogP contribution in [0.2, 0.25) is 5.02 Å². The van der Waals surface area contributed by atoms with E-state index in [1.807, 2.05) is 0 Å². The van der Waals surface area contributed by atoms with Gasteiger partial charge < -0.3 is 14.2 Å². The Bertz CT molecular complexity index is 1520. The fourth-order valence-electron chi connectivity index (χ4n) is 4.30. The van der Waals surface area contributed by atoms with E-state index in [4.69, 9.17) is 25.8 Å². The molecule has 0 bridgehead atoms. The smallest absolute Gasteiger partial charge is 0.305 e. The number of fused-ring (bicyclic) bond motifs is 1.